The van der Waals surface area contributed by atoms with Gasteiger partial charge in [-0.15, -0.1) is 10.2 Å². The average molecular weight is 199 g/mol. The van der Waals surface area contributed by atoms with Crippen LogP contribution in [0.5, 0.6) is 0 Å². The second-order valence-corrected chi connectivity index (χ2v) is 2.68. The molecule has 0 unspecified atom stereocenters. The number of carboxylic acid groups (broad SMARTS) is 1. The summed E-state index contributed by atoms with van der Waals surface area (Å²) >= 11 is 0. The molecule has 0 aromatic carbocycles. The van der Waals surface area contributed by atoms with E-state index in [4.69, 9.17) is 5.11 Å². The summed E-state index contributed by atoms with van der Waals surface area (Å²) in [6.45, 7) is 0.355. The van der Waals surface area contributed by atoms with Gasteiger partial charge in [0, 0.05) is 6.54 Å². The van der Waals surface area contributed by atoms with Crippen molar-refractivity contribution in [3.8, 4) is 0 Å². The number of carbonyl (C=O) groups is 1. The normalized spacial score (nSPS) is 10.1. The van der Waals surface area contributed by atoms with E-state index in [1.54, 1.807) is 0 Å². The fourth-order valence-corrected chi connectivity index (χ4v) is 0.878. The van der Waals surface area contributed by atoms with E-state index >= 15 is 0 Å². The van der Waals surface area contributed by atoms with Crippen LogP contribution in [0.4, 0.5) is 5.95 Å². The van der Waals surface area contributed by atoms with Gasteiger partial charge < -0.3 is 15.4 Å². The Labute approximate surface area is 80.2 Å². The largest absolute Gasteiger partial charge is 0.481 e. The molecular weight excluding hydrogens is 188 g/mol. The SMILES string of the molecule is [O]CCCNc1nnc(CC(=O)O)[nH]1. The van der Waals surface area contributed by atoms with Crippen molar-refractivity contribution in [2.75, 3.05) is 18.5 Å². The molecule has 77 valence electrons. The Morgan fingerprint density at radius 2 is 2.29 bits per heavy atom. The maximum absolute atomic E-state index is 10.3. The summed E-state index contributed by atoms with van der Waals surface area (Å²) in [6.07, 6.45) is 0.311. The second-order valence-electron chi connectivity index (χ2n) is 2.68. The summed E-state index contributed by atoms with van der Waals surface area (Å²) in [5, 5.41) is 28.6. The van der Waals surface area contributed by atoms with E-state index in [-0.39, 0.29) is 13.0 Å². The number of aromatic amines is 1. The van der Waals surface area contributed by atoms with Gasteiger partial charge in [0.05, 0.1) is 6.61 Å². The van der Waals surface area contributed by atoms with Crippen molar-refractivity contribution in [2.24, 2.45) is 0 Å². The second kappa shape index (κ2) is 5.18. The van der Waals surface area contributed by atoms with Gasteiger partial charge in [0.15, 0.2) is 0 Å². The van der Waals surface area contributed by atoms with E-state index in [0.717, 1.165) is 0 Å². The lowest BCUT2D eigenvalue weighted by atomic mass is 10.4. The molecule has 0 spiro atoms. The molecule has 0 bridgehead atoms. The van der Waals surface area contributed by atoms with Gasteiger partial charge >= 0.3 is 5.97 Å². The van der Waals surface area contributed by atoms with Gasteiger partial charge in [-0.25, -0.2) is 5.11 Å². The summed E-state index contributed by atoms with van der Waals surface area (Å²) < 4.78 is 0. The Balaban J connectivity index is 2.38. The third-order valence-corrected chi connectivity index (χ3v) is 1.47. The Morgan fingerprint density at radius 1 is 1.50 bits per heavy atom. The fourth-order valence-electron chi connectivity index (χ4n) is 0.878. The Bertz CT molecular complexity index is 299. The lowest BCUT2D eigenvalue weighted by molar-refractivity contribution is -0.136. The van der Waals surface area contributed by atoms with Crippen LogP contribution in [0, 0.1) is 0 Å². The Kier molecular flexibility index (Phi) is 3.86. The molecule has 3 N–H and O–H groups in total. The van der Waals surface area contributed by atoms with Crippen molar-refractivity contribution in [3.05, 3.63) is 5.82 Å². The number of hydrogen-bond acceptors (Lipinski definition) is 4. The first-order valence-corrected chi connectivity index (χ1v) is 4.17. The summed E-state index contributed by atoms with van der Waals surface area (Å²) in [6, 6.07) is 0. The molecule has 7 heteroatoms. The molecule has 1 aromatic rings. The van der Waals surface area contributed by atoms with Gasteiger partial charge in [-0.05, 0) is 6.42 Å². The molecule has 1 heterocycles. The highest BCUT2D eigenvalue weighted by Crippen LogP contribution is 1.98. The van der Waals surface area contributed by atoms with Crippen molar-refractivity contribution in [3.63, 3.8) is 0 Å². The smallest absolute Gasteiger partial charge is 0.311 e. The first kappa shape index (κ1) is 10.5. The van der Waals surface area contributed by atoms with Crippen LogP contribution in [0.2, 0.25) is 0 Å². The molecule has 0 aliphatic heterocycles. The Hall–Kier alpha value is -1.63. The van der Waals surface area contributed by atoms with Gasteiger partial charge in [-0.3, -0.25) is 4.79 Å². The van der Waals surface area contributed by atoms with Gasteiger partial charge in [-0.1, -0.05) is 0 Å². The molecule has 0 amide bonds. The molecule has 0 fully saturated rings. The number of carboxylic acids is 1. The highest BCUT2D eigenvalue weighted by Gasteiger charge is 2.05. The van der Waals surface area contributed by atoms with Gasteiger partial charge in [0.25, 0.3) is 0 Å². The molecule has 1 radical (unpaired) electrons. The lowest BCUT2D eigenvalue weighted by Gasteiger charge is -1.97. The van der Waals surface area contributed by atoms with Crippen molar-refractivity contribution in [1.82, 2.24) is 15.2 Å². The molecule has 1 aromatic heterocycles. The van der Waals surface area contributed by atoms with Crippen molar-refractivity contribution in [1.29, 1.82) is 0 Å². The predicted octanol–water partition coefficient (Wildman–Crippen LogP) is -0.336. The maximum Gasteiger partial charge on any atom is 0.311 e. The van der Waals surface area contributed by atoms with Crippen LogP contribution >= 0.6 is 0 Å². The number of anilines is 1. The first-order chi connectivity index (χ1) is 6.72. The highest BCUT2D eigenvalue weighted by molar-refractivity contribution is 5.69. The maximum atomic E-state index is 10.3. The number of hydrogen-bond donors (Lipinski definition) is 3. The van der Waals surface area contributed by atoms with Crippen LogP contribution < -0.4 is 5.32 Å². The topological polar surface area (TPSA) is 111 Å². The van der Waals surface area contributed by atoms with Gasteiger partial charge in [0.1, 0.15) is 12.2 Å². The van der Waals surface area contributed by atoms with E-state index in [9.17, 15) is 9.90 Å². The third kappa shape index (κ3) is 3.40. The predicted molar refractivity (Wildman–Crippen MR) is 46.4 cm³/mol. The zero-order chi connectivity index (χ0) is 10.4. The lowest BCUT2D eigenvalue weighted by Crippen LogP contribution is -2.05. The number of aliphatic carboxylic acids is 1. The number of aromatic nitrogens is 3. The quantitative estimate of drug-likeness (QED) is 0.543. The van der Waals surface area contributed by atoms with Crippen LogP contribution in [-0.2, 0) is 16.3 Å². The molecule has 0 atom stereocenters. The Morgan fingerprint density at radius 3 is 2.93 bits per heavy atom. The summed E-state index contributed by atoms with van der Waals surface area (Å²) in [7, 11) is 0. The van der Waals surface area contributed by atoms with E-state index < -0.39 is 5.97 Å². The average Bonchev–Trinajstić information content (AvgIpc) is 2.52. The minimum atomic E-state index is -0.966. The minimum absolute atomic E-state index is 0.150. The number of nitrogens with one attached hydrogen (secondary N) is 2. The van der Waals surface area contributed by atoms with Crippen LogP contribution in [0.15, 0.2) is 0 Å². The number of nitrogens with zero attached hydrogens (tertiary/aromatic N) is 2. The molecule has 0 saturated carbocycles. The monoisotopic (exact) mass is 199 g/mol. The van der Waals surface area contributed by atoms with Crippen LogP contribution in [0.3, 0.4) is 0 Å². The zero-order valence-corrected chi connectivity index (χ0v) is 7.49. The molecule has 7 nitrogen and oxygen atoms in total. The molecular formula is C7H11N4O3. The molecule has 1 rings (SSSR count). The molecule has 0 saturated heterocycles. The molecule has 0 aliphatic carbocycles. The van der Waals surface area contributed by atoms with Crippen LogP contribution in [0.25, 0.3) is 0 Å². The van der Waals surface area contributed by atoms with E-state index in [1.807, 2.05) is 0 Å². The van der Waals surface area contributed by atoms with E-state index in [2.05, 4.69) is 20.5 Å². The van der Waals surface area contributed by atoms with E-state index in [1.165, 1.54) is 0 Å². The van der Waals surface area contributed by atoms with Gasteiger partial charge in [-0.2, -0.15) is 0 Å². The zero-order valence-electron chi connectivity index (χ0n) is 7.49. The summed E-state index contributed by atoms with van der Waals surface area (Å²) in [4.78, 5) is 13.0. The van der Waals surface area contributed by atoms with Crippen molar-refractivity contribution < 1.29 is 15.0 Å². The van der Waals surface area contributed by atoms with Crippen molar-refractivity contribution >= 4 is 11.9 Å². The van der Waals surface area contributed by atoms with Crippen molar-refractivity contribution in [2.45, 2.75) is 12.8 Å². The summed E-state index contributed by atoms with van der Waals surface area (Å²) in [5.41, 5.74) is 0. The van der Waals surface area contributed by atoms with E-state index in [0.29, 0.717) is 24.7 Å². The fraction of sp³-hybridized carbons (Fsp3) is 0.571. The van der Waals surface area contributed by atoms with Gasteiger partial charge in [0.2, 0.25) is 5.95 Å². The number of rotatable bonds is 6. The molecule has 0 aliphatic rings. The van der Waals surface area contributed by atoms with Crippen LogP contribution in [0.1, 0.15) is 12.2 Å². The summed E-state index contributed by atoms with van der Waals surface area (Å²) in [5.74, 6) is -0.274. The first-order valence-electron chi connectivity index (χ1n) is 4.17. The van der Waals surface area contributed by atoms with Crippen LogP contribution in [-0.4, -0.2) is 39.4 Å². The number of H-pyrrole nitrogens is 1. The third-order valence-electron chi connectivity index (χ3n) is 1.47. The standard InChI is InChI=1S/C7H11N4O3/c12-3-1-2-8-7-9-5(10-11-7)4-6(13)14/h1-4H2,(H,13,14)(H2,8,9,10,11). The minimum Gasteiger partial charge on any atom is -0.481 e. The molecule has 14 heavy (non-hydrogen) atoms. The highest BCUT2D eigenvalue weighted by atomic mass is 16.4.